The number of carboxylic acids is 2. The lowest BCUT2D eigenvalue weighted by atomic mass is 9.89. The Bertz CT molecular complexity index is 2780. The third kappa shape index (κ3) is 18.8. The van der Waals surface area contributed by atoms with Crippen molar-refractivity contribution in [2.24, 2.45) is 11.8 Å². The van der Waals surface area contributed by atoms with Crippen molar-refractivity contribution in [2.45, 2.75) is 180 Å². The second-order valence-electron chi connectivity index (χ2n) is 20.8. The number of esters is 10. The molecule has 0 spiro atoms. The first-order valence-electron chi connectivity index (χ1n) is 27.7. The normalized spacial score (nSPS) is 31.4. The molecule has 0 aliphatic carbocycles. The molecule has 1 aromatic rings. The Balaban J connectivity index is 1.64. The Morgan fingerprint density at radius 3 is 0.944 bits per heavy atom. The van der Waals surface area contributed by atoms with Crippen LogP contribution in [-0.4, -0.2) is 247 Å². The van der Waals surface area contributed by atoms with Gasteiger partial charge in [-0.15, -0.1) is 0 Å². The highest BCUT2D eigenvalue weighted by molar-refractivity contribution is 6.10. The molecule has 2 N–H and O–H groups in total. The van der Waals surface area contributed by atoms with Gasteiger partial charge in [0.2, 0.25) is 0 Å². The van der Waals surface area contributed by atoms with E-state index in [0.29, 0.717) is 12.1 Å². The fourth-order valence-electron chi connectivity index (χ4n) is 10.4. The zero-order valence-electron chi connectivity index (χ0n) is 51.5. The first-order valence-corrected chi connectivity index (χ1v) is 27.7. The summed E-state index contributed by atoms with van der Waals surface area (Å²) in [7, 11) is 4.73. The molecular formula is C56H74O34. The zero-order valence-corrected chi connectivity index (χ0v) is 51.5. The molecule has 20 atom stereocenters. The van der Waals surface area contributed by atoms with Crippen LogP contribution < -0.4 is 0 Å². The third-order valence-corrected chi connectivity index (χ3v) is 14.3. The fraction of sp³-hybridized carbons (Fsp3) is 0.679. The van der Waals surface area contributed by atoms with Crippen LogP contribution in [0.15, 0.2) is 12.1 Å². The summed E-state index contributed by atoms with van der Waals surface area (Å²) in [6, 6.07) is 0.883. The van der Waals surface area contributed by atoms with Gasteiger partial charge in [-0.3, -0.25) is 38.4 Å². The summed E-state index contributed by atoms with van der Waals surface area (Å²) in [5, 5.41) is 21.5. The molecule has 4 fully saturated rings. The molecule has 0 amide bonds. The zero-order chi connectivity index (χ0) is 67.2. The lowest BCUT2D eigenvalue weighted by molar-refractivity contribution is -0.355. The van der Waals surface area contributed by atoms with E-state index >= 15 is 0 Å². The lowest BCUT2D eigenvalue weighted by Crippen LogP contribution is -2.65. The first-order chi connectivity index (χ1) is 42.3. The van der Waals surface area contributed by atoms with Gasteiger partial charge >= 0.3 is 71.6 Å². The van der Waals surface area contributed by atoms with Gasteiger partial charge in [0.25, 0.3) is 0 Å². The Hall–Kier alpha value is -7.54. The van der Waals surface area contributed by atoms with Crippen LogP contribution in [0.4, 0.5) is 0 Å². The average molecular weight is 1290 g/mol. The van der Waals surface area contributed by atoms with Crippen LogP contribution in [0.1, 0.15) is 111 Å². The fourth-order valence-corrected chi connectivity index (χ4v) is 10.4. The van der Waals surface area contributed by atoms with Crippen LogP contribution in [0, 0.1) is 11.8 Å². The van der Waals surface area contributed by atoms with Crippen molar-refractivity contribution in [3.8, 4) is 0 Å². The van der Waals surface area contributed by atoms with Gasteiger partial charge < -0.3 is 105 Å². The van der Waals surface area contributed by atoms with Gasteiger partial charge in [0.1, 0.15) is 81.4 Å². The first kappa shape index (κ1) is 73.2. The largest absolute Gasteiger partial charge is 0.478 e. The number of methoxy groups -OCH3 is 4. The molecule has 4 heterocycles. The molecule has 34 nitrogen and oxygen atoms in total. The number of ether oxygens (including phenoxy) is 20. The smallest absolute Gasteiger partial charge is 0.339 e. The second-order valence-corrected chi connectivity index (χ2v) is 20.8. The molecule has 90 heavy (non-hydrogen) atoms. The number of carbonyl (C=O) groups excluding carboxylic acids is 10. The number of hydrogen-bond acceptors (Lipinski definition) is 32. The predicted octanol–water partition coefficient (Wildman–Crippen LogP) is 0.378. The maximum atomic E-state index is 14.9. The van der Waals surface area contributed by atoms with Crippen molar-refractivity contribution in [3.05, 3.63) is 34.4 Å². The minimum Gasteiger partial charge on any atom is -0.478 e. The molecule has 4 aliphatic heterocycles. The van der Waals surface area contributed by atoms with Gasteiger partial charge in [0.05, 0.1) is 22.3 Å². The van der Waals surface area contributed by atoms with E-state index < -0.39 is 243 Å². The summed E-state index contributed by atoms with van der Waals surface area (Å²) in [6.07, 6.45) is -28.9. The SMILES string of the molecule is CO[C@H]1OC(COC(C)=O)[C@H](O[C@@H]2OC(COC(C)=O)[C@@H](C)[C@H](OC(=O)c3cc(C(=O)O)c(C(=O)O[C@H]4C(OC(C)=O)[C@@H](OC)OC(COC(C)=O)[C@@H]4O[C@@H]4OC(COC(C)=O)[C@@H](C)[C@H](OC)C4OC(C)=O)cc3C(=O)O)C2OC(C)=O)[C@@H](OC)C1OC(C)=O. The van der Waals surface area contributed by atoms with Crippen LogP contribution in [0.2, 0.25) is 0 Å². The second kappa shape index (κ2) is 33.0. The number of hydrogen-bond donors (Lipinski definition) is 2. The van der Waals surface area contributed by atoms with Crippen LogP contribution in [0.5, 0.6) is 0 Å². The molecule has 4 saturated heterocycles. The highest BCUT2D eigenvalue weighted by Gasteiger charge is 2.58. The number of rotatable bonds is 26. The van der Waals surface area contributed by atoms with E-state index in [2.05, 4.69) is 0 Å². The lowest BCUT2D eigenvalue weighted by Gasteiger charge is -2.48. The number of benzene rings is 1. The van der Waals surface area contributed by atoms with E-state index in [1.165, 1.54) is 28.3 Å². The Kier molecular flexibility index (Phi) is 26.8. The summed E-state index contributed by atoms with van der Waals surface area (Å²) in [6.45, 7) is 8.94. The van der Waals surface area contributed by atoms with Crippen molar-refractivity contribution in [3.63, 3.8) is 0 Å². The van der Waals surface area contributed by atoms with Gasteiger partial charge in [-0.05, 0) is 12.1 Å². The summed E-state index contributed by atoms with van der Waals surface area (Å²) < 4.78 is 115. The van der Waals surface area contributed by atoms with Crippen LogP contribution in [-0.2, 0) is 133 Å². The molecule has 8 unspecified atom stereocenters. The quantitative estimate of drug-likeness (QED) is 0.0935. The van der Waals surface area contributed by atoms with Crippen molar-refractivity contribution >= 4 is 71.6 Å². The van der Waals surface area contributed by atoms with E-state index in [9.17, 15) is 67.7 Å². The van der Waals surface area contributed by atoms with Gasteiger partial charge in [-0.25, -0.2) is 19.2 Å². The minimum absolute atomic E-state index is 0.413. The average Bonchev–Trinajstić information content (AvgIpc) is 1.87. The van der Waals surface area contributed by atoms with Crippen LogP contribution >= 0.6 is 0 Å². The molecule has 4 aliphatic rings. The maximum absolute atomic E-state index is 14.9. The molecule has 0 bridgehead atoms. The molecule has 0 aromatic heterocycles. The number of carboxylic acid groups (broad SMARTS) is 2. The molecule has 0 radical (unpaired) electrons. The van der Waals surface area contributed by atoms with E-state index in [1.807, 2.05) is 0 Å². The van der Waals surface area contributed by atoms with Crippen LogP contribution in [0.25, 0.3) is 0 Å². The van der Waals surface area contributed by atoms with Crippen molar-refractivity contribution in [1.82, 2.24) is 0 Å². The van der Waals surface area contributed by atoms with Crippen LogP contribution in [0.3, 0.4) is 0 Å². The Morgan fingerprint density at radius 2 is 0.622 bits per heavy atom. The van der Waals surface area contributed by atoms with E-state index in [0.717, 1.165) is 62.5 Å². The van der Waals surface area contributed by atoms with Crippen molar-refractivity contribution in [2.75, 3.05) is 54.9 Å². The molecule has 5 rings (SSSR count). The summed E-state index contributed by atoms with van der Waals surface area (Å²) in [4.78, 5) is 156. The van der Waals surface area contributed by atoms with Gasteiger partial charge in [0, 0.05) is 95.7 Å². The van der Waals surface area contributed by atoms with E-state index in [-0.39, 0.29) is 0 Å². The number of carbonyl (C=O) groups is 12. The summed E-state index contributed by atoms with van der Waals surface area (Å²) in [5.74, 6) is -16.3. The molecular weight excluding hydrogens is 1220 g/mol. The standard InChI is InChI=1S/C56H74O34/c1-21-35(17-75-23(3)57)83-55(45(39(21)71-11)79-27(7)61)90-42-38(20-78-26(6)60)86-54(74-14)48(82-30(10)64)44(42)88-52(70)34-16-31(49(65)66)33(15-32(34)50(67)68)51(69)87-40-22(2)36(18-76-24(4)58)84-56(46(40)80-28(8)62)89-41-37(19-77-25(5)59)85-53(73-13)47(43(41)72-12)81-29(9)63/h15-16,21-22,35-48,53-56H,17-20H2,1-14H3,(H,65,66)(H,67,68)/t21-,22-,35?,36?,37?,38?,39+,40+,41+,42+,43-,44-,45?,46?,47?,48?,53+,54+,55+,56+/m1/s1. The van der Waals surface area contributed by atoms with E-state index in [4.69, 9.17) is 94.7 Å². The Labute approximate surface area is 513 Å². The highest BCUT2D eigenvalue weighted by atomic mass is 16.8. The third-order valence-electron chi connectivity index (χ3n) is 14.3. The minimum atomic E-state index is -2.09. The van der Waals surface area contributed by atoms with Gasteiger partial charge in [-0.1, -0.05) is 13.8 Å². The van der Waals surface area contributed by atoms with Crippen molar-refractivity contribution < 1.29 is 162 Å². The molecule has 0 saturated carbocycles. The summed E-state index contributed by atoms with van der Waals surface area (Å²) >= 11 is 0. The van der Waals surface area contributed by atoms with Gasteiger partial charge in [0.15, 0.2) is 55.7 Å². The molecule has 34 heteroatoms. The van der Waals surface area contributed by atoms with Gasteiger partial charge in [-0.2, -0.15) is 0 Å². The summed E-state index contributed by atoms with van der Waals surface area (Å²) in [5.41, 5.74) is -4.40. The topological polar surface area (TPSA) is 430 Å². The monoisotopic (exact) mass is 1290 g/mol. The maximum Gasteiger partial charge on any atom is 0.339 e. The predicted molar refractivity (Wildman–Crippen MR) is 286 cm³/mol. The van der Waals surface area contributed by atoms with Crippen molar-refractivity contribution in [1.29, 1.82) is 0 Å². The van der Waals surface area contributed by atoms with E-state index in [1.54, 1.807) is 6.92 Å². The molecule has 502 valence electrons. The molecule has 1 aromatic carbocycles. The Morgan fingerprint density at radius 1 is 0.333 bits per heavy atom. The highest BCUT2D eigenvalue weighted by Crippen LogP contribution is 2.39. The number of aromatic carboxylic acids is 2.